The van der Waals surface area contributed by atoms with Crippen LogP contribution in [0.3, 0.4) is 0 Å². The Kier molecular flexibility index (Phi) is 5.59. The van der Waals surface area contributed by atoms with E-state index in [1.54, 1.807) is 0 Å². The van der Waals surface area contributed by atoms with Gasteiger partial charge in [0.15, 0.2) is 0 Å². The molecular formula is C18H19NO2. The number of hydrogen-bond acceptors (Lipinski definition) is 2. The van der Waals surface area contributed by atoms with Crippen LogP contribution in [0.1, 0.15) is 18.9 Å². The van der Waals surface area contributed by atoms with E-state index in [1.807, 2.05) is 79.7 Å². The third-order valence-electron chi connectivity index (χ3n) is 2.98. The molecule has 3 nitrogen and oxygen atoms in total. The van der Waals surface area contributed by atoms with Crippen LogP contribution in [-0.4, -0.2) is 12.2 Å². The maximum Gasteiger partial charge on any atom is 0.412 e. The van der Waals surface area contributed by atoms with Gasteiger partial charge in [-0.3, -0.25) is 5.32 Å². The van der Waals surface area contributed by atoms with E-state index in [-0.39, 0.29) is 6.10 Å². The number of anilines is 1. The highest BCUT2D eigenvalue weighted by Gasteiger charge is 2.09. The van der Waals surface area contributed by atoms with Gasteiger partial charge in [0.2, 0.25) is 0 Å². The fraction of sp³-hybridized carbons (Fsp3) is 0.167. The number of hydrogen-bond donors (Lipinski definition) is 1. The lowest BCUT2D eigenvalue weighted by Gasteiger charge is -2.13. The second-order valence-corrected chi connectivity index (χ2v) is 4.61. The van der Waals surface area contributed by atoms with Gasteiger partial charge in [-0.15, -0.1) is 0 Å². The van der Waals surface area contributed by atoms with Gasteiger partial charge in [-0.25, -0.2) is 4.79 Å². The zero-order valence-electron chi connectivity index (χ0n) is 12.0. The predicted octanol–water partition coefficient (Wildman–Crippen LogP) is 4.73. The Bertz CT molecular complexity index is 579. The first-order valence-corrected chi connectivity index (χ1v) is 7.04. The van der Waals surface area contributed by atoms with E-state index in [0.29, 0.717) is 0 Å². The van der Waals surface area contributed by atoms with Crippen molar-refractivity contribution in [1.29, 1.82) is 0 Å². The molecule has 3 heteroatoms. The van der Waals surface area contributed by atoms with Crippen molar-refractivity contribution < 1.29 is 9.53 Å². The fourth-order valence-electron chi connectivity index (χ4n) is 1.85. The van der Waals surface area contributed by atoms with Crippen molar-refractivity contribution in [3.63, 3.8) is 0 Å². The van der Waals surface area contributed by atoms with Gasteiger partial charge in [0, 0.05) is 5.69 Å². The van der Waals surface area contributed by atoms with Gasteiger partial charge in [-0.2, -0.15) is 0 Å². The summed E-state index contributed by atoms with van der Waals surface area (Å²) in [7, 11) is 0. The van der Waals surface area contributed by atoms with Crippen molar-refractivity contribution in [2.45, 2.75) is 19.4 Å². The van der Waals surface area contributed by atoms with E-state index in [2.05, 4.69) is 5.32 Å². The number of amides is 1. The van der Waals surface area contributed by atoms with Crippen molar-refractivity contribution in [2.24, 2.45) is 0 Å². The molecule has 1 amide bonds. The van der Waals surface area contributed by atoms with Crippen LogP contribution in [0.5, 0.6) is 0 Å². The first kappa shape index (κ1) is 14.9. The summed E-state index contributed by atoms with van der Waals surface area (Å²) in [5.74, 6) is 0. The molecular weight excluding hydrogens is 262 g/mol. The summed E-state index contributed by atoms with van der Waals surface area (Å²) in [6, 6.07) is 19.2. The number of nitrogens with one attached hydrogen (secondary N) is 1. The smallest absolute Gasteiger partial charge is 0.412 e. The number of ether oxygens (including phenoxy) is 1. The van der Waals surface area contributed by atoms with Crippen LogP contribution >= 0.6 is 0 Å². The molecule has 2 rings (SSSR count). The second-order valence-electron chi connectivity index (χ2n) is 4.61. The normalized spacial score (nSPS) is 12.0. The number of benzene rings is 2. The highest BCUT2D eigenvalue weighted by atomic mass is 16.6. The van der Waals surface area contributed by atoms with Gasteiger partial charge in [0.25, 0.3) is 0 Å². The Hall–Kier alpha value is -2.55. The van der Waals surface area contributed by atoms with E-state index in [0.717, 1.165) is 17.7 Å². The molecule has 1 atom stereocenters. The number of carbonyl (C=O) groups is 1. The van der Waals surface area contributed by atoms with Crippen molar-refractivity contribution >= 4 is 17.9 Å². The molecule has 0 saturated carbocycles. The molecule has 0 saturated heterocycles. The van der Waals surface area contributed by atoms with E-state index < -0.39 is 6.09 Å². The van der Waals surface area contributed by atoms with E-state index >= 15 is 0 Å². The van der Waals surface area contributed by atoms with Gasteiger partial charge in [0.05, 0.1) is 0 Å². The lowest BCUT2D eigenvalue weighted by atomic mass is 10.1. The summed E-state index contributed by atoms with van der Waals surface area (Å²) in [6.07, 6.45) is 3.91. The fourth-order valence-corrected chi connectivity index (χ4v) is 1.85. The van der Waals surface area contributed by atoms with E-state index in [4.69, 9.17) is 4.74 Å². The number of rotatable bonds is 5. The Morgan fingerprint density at radius 1 is 1.10 bits per heavy atom. The first-order chi connectivity index (χ1) is 10.3. The Balaban J connectivity index is 1.90. The van der Waals surface area contributed by atoms with Crippen LogP contribution < -0.4 is 5.32 Å². The molecule has 1 N–H and O–H groups in total. The van der Waals surface area contributed by atoms with E-state index in [1.165, 1.54) is 0 Å². The molecule has 0 bridgehead atoms. The van der Waals surface area contributed by atoms with E-state index in [9.17, 15) is 4.79 Å². The third kappa shape index (κ3) is 5.15. The molecule has 0 fully saturated rings. The monoisotopic (exact) mass is 281 g/mol. The summed E-state index contributed by atoms with van der Waals surface area (Å²) < 4.78 is 5.39. The summed E-state index contributed by atoms with van der Waals surface area (Å²) in [6.45, 7) is 1.98. The average Bonchev–Trinajstić information content (AvgIpc) is 2.53. The molecule has 0 unspecified atom stereocenters. The topological polar surface area (TPSA) is 38.3 Å². The van der Waals surface area contributed by atoms with Crippen LogP contribution in [0.4, 0.5) is 10.5 Å². The second kappa shape index (κ2) is 7.90. The first-order valence-electron chi connectivity index (χ1n) is 7.04. The SMILES string of the molecule is CC[C@@H](/C=C/c1ccccc1)OC(=O)Nc1ccccc1. The van der Waals surface area contributed by atoms with Crippen molar-refractivity contribution in [1.82, 2.24) is 0 Å². The Morgan fingerprint density at radius 3 is 2.33 bits per heavy atom. The van der Waals surface area contributed by atoms with Crippen molar-refractivity contribution in [2.75, 3.05) is 5.32 Å². The minimum absolute atomic E-state index is 0.242. The number of para-hydroxylation sites is 1. The Labute approximate surface area is 125 Å². The van der Waals surface area contributed by atoms with Crippen LogP contribution in [0.2, 0.25) is 0 Å². The minimum atomic E-state index is -0.439. The Morgan fingerprint density at radius 2 is 1.71 bits per heavy atom. The largest absolute Gasteiger partial charge is 0.442 e. The maximum absolute atomic E-state index is 11.8. The summed E-state index contributed by atoms with van der Waals surface area (Å²) >= 11 is 0. The van der Waals surface area contributed by atoms with Gasteiger partial charge >= 0.3 is 6.09 Å². The summed E-state index contributed by atoms with van der Waals surface area (Å²) in [4.78, 5) is 11.8. The standard InChI is InChI=1S/C18H19NO2/c1-2-17(14-13-15-9-5-3-6-10-15)21-18(20)19-16-11-7-4-8-12-16/h3-14,17H,2H2,1H3,(H,19,20)/b14-13+/t17-/m0/s1. The van der Waals surface area contributed by atoms with Crippen LogP contribution in [-0.2, 0) is 4.74 Å². The predicted molar refractivity (Wildman–Crippen MR) is 86.1 cm³/mol. The molecule has 108 valence electrons. The highest BCUT2D eigenvalue weighted by molar-refractivity contribution is 5.84. The molecule has 21 heavy (non-hydrogen) atoms. The molecule has 2 aromatic carbocycles. The lowest BCUT2D eigenvalue weighted by Crippen LogP contribution is -2.20. The molecule has 0 radical (unpaired) electrons. The average molecular weight is 281 g/mol. The highest BCUT2D eigenvalue weighted by Crippen LogP contribution is 2.09. The van der Waals surface area contributed by atoms with Crippen LogP contribution in [0, 0.1) is 0 Å². The van der Waals surface area contributed by atoms with Gasteiger partial charge in [-0.05, 0) is 30.2 Å². The minimum Gasteiger partial charge on any atom is -0.442 e. The van der Waals surface area contributed by atoms with Gasteiger partial charge in [0.1, 0.15) is 6.10 Å². The summed E-state index contributed by atoms with van der Waals surface area (Å²) in [5, 5.41) is 2.71. The molecule has 0 aliphatic rings. The summed E-state index contributed by atoms with van der Waals surface area (Å²) in [5.41, 5.74) is 1.81. The molecule has 0 spiro atoms. The zero-order valence-corrected chi connectivity index (χ0v) is 12.0. The molecule has 0 heterocycles. The molecule has 0 aliphatic carbocycles. The lowest BCUT2D eigenvalue weighted by molar-refractivity contribution is 0.132. The van der Waals surface area contributed by atoms with Gasteiger partial charge < -0.3 is 4.74 Å². The third-order valence-corrected chi connectivity index (χ3v) is 2.98. The van der Waals surface area contributed by atoms with Crippen LogP contribution in [0.25, 0.3) is 6.08 Å². The van der Waals surface area contributed by atoms with Crippen molar-refractivity contribution in [3.05, 3.63) is 72.3 Å². The number of carbonyl (C=O) groups excluding carboxylic acids is 1. The zero-order chi connectivity index (χ0) is 14.9. The van der Waals surface area contributed by atoms with Crippen LogP contribution in [0.15, 0.2) is 66.7 Å². The quantitative estimate of drug-likeness (QED) is 0.860. The van der Waals surface area contributed by atoms with Crippen molar-refractivity contribution in [3.8, 4) is 0 Å². The molecule has 0 aromatic heterocycles. The van der Waals surface area contributed by atoms with Gasteiger partial charge in [-0.1, -0.05) is 61.5 Å². The molecule has 0 aliphatic heterocycles. The maximum atomic E-state index is 11.8. The molecule has 2 aromatic rings.